The predicted molar refractivity (Wildman–Crippen MR) is 180 cm³/mol. The standard InChI is InChI=1S/C35H43F3N4O6S/c1-5-7-9-29(43)23-41(4)32(44)26-11-10-25(24(3)19-26)12-18-49(46,47)42-15-13-34(14-16-42)33(45)39-31(40-34)27-20-28(35(36,37)38)22-30(21-27)48-17-8-6-2/h6,10-11,19-22H,2,5,7-9,12-18,23H2,1,3-4H3,(H,39,40,45). The van der Waals surface area contributed by atoms with Gasteiger partial charge >= 0.3 is 6.18 Å². The van der Waals surface area contributed by atoms with Gasteiger partial charge in [-0.05, 0) is 80.5 Å². The Morgan fingerprint density at radius 2 is 1.88 bits per heavy atom. The van der Waals surface area contributed by atoms with Crippen molar-refractivity contribution in [1.29, 1.82) is 0 Å². The number of ketones is 1. The molecule has 0 radical (unpaired) electrons. The van der Waals surface area contributed by atoms with Crippen LogP contribution in [0.2, 0.25) is 0 Å². The molecular formula is C35H43F3N4O6S. The molecule has 14 heteroatoms. The molecule has 0 saturated carbocycles. The van der Waals surface area contributed by atoms with Crippen LogP contribution in [0.25, 0.3) is 0 Å². The van der Waals surface area contributed by atoms with E-state index >= 15 is 0 Å². The Bertz CT molecular complexity index is 1720. The molecule has 1 spiro atoms. The molecule has 10 nitrogen and oxygen atoms in total. The summed E-state index contributed by atoms with van der Waals surface area (Å²) in [7, 11) is -2.16. The van der Waals surface area contributed by atoms with Gasteiger partial charge in [-0.15, -0.1) is 6.58 Å². The van der Waals surface area contributed by atoms with Crippen LogP contribution in [0.4, 0.5) is 13.2 Å². The fourth-order valence-corrected chi connectivity index (χ4v) is 7.33. The van der Waals surface area contributed by atoms with Crippen molar-refractivity contribution in [2.24, 2.45) is 4.99 Å². The molecule has 1 fully saturated rings. The van der Waals surface area contributed by atoms with E-state index in [2.05, 4.69) is 16.9 Å². The SMILES string of the molecule is C=CCCOc1cc(C2=NC3(CCN(S(=O)(=O)CCc4ccc(C(=O)N(C)CC(=O)CCCC)cc4C)CC3)C(=O)N2)cc(C(F)(F)F)c1. The van der Waals surface area contributed by atoms with Gasteiger partial charge in [-0.25, -0.2) is 12.7 Å². The summed E-state index contributed by atoms with van der Waals surface area (Å²) in [4.78, 5) is 44.0. The number of nitrogens with one attached hydrogen (secondary N) is 1. The lowest BCUT2D eigenvalue weighted by Gasteiger charge is -2.34. The number of piperidine rings is 1. The first-order valence-electron chi connectivity index (χ1n) is 16.3. The van der Waals surface area contributed by atoms with Crippen molar-refractivity contribution in [3.05, 3.63) is 76.9 Å². The number of carbonyl (C=O) groups is 3. The van der Waals surface area contributed by atoms with Crippen molar-refractivity contribution < 1.29 is 40.7 Å². The molecule has 1 N–H and O–H groups in total. The Labute approximate surface area is 285 Å². The summed E-state index contributed by atoms with van der Waals surface area (Å²) in [5.74, 6) is -1.03. The average molecular weight is 705 g/mol. The monoisotopic (exact) mass is 704 g/mol. The number of ether oxygens (including phenoxy) is 1. The third kappa shape index (κ3) is 9.35. The van der Waals surface area contributed by atoms with Crippen LogP contribution < -0.4 is 10.1 Å². The Hall–Kier alpha value is -4.04. The molecule has 266 valence electrons. The molecule has 4 rings (SSSR count). The summed E-state index contributed by atoms with van der Waals surface area (Å²) in [6, 6.07) is 8.21. The minimum atomic E-state index is -4.66. The number of carbonyl (C=O) groups excluding carboxylic acids is 3. The Kier molecular flexibility index (Phi) is 12.1. The van der Waals surface area contributed by atoms with Gasteiger partial charge in [-0.3, -0.25) is 19.4 Å². The zero-order valence-electron chi connectivity index (χ0n) is 28.1. The highest BCUT2D eigenvalue weighted by atomic mass is 32.2. The Morgan fingerprint density at radius 1 is 1.16 bits per heavy atom. The zero-order valence-corrected chi connectivity index (χ0v) is 28.9. The second-order valence-corrected chi connectivity index (χ2v) is 14.6. The fraction of sp³-hybridized carbons (Fsp3) is 0.486. The number of nitrogens with zero attached hydrogens (tertiary/aromatic N) is 3. The summed E-state index contributed by atoms with van der Waals surface area (Å²) < 4.78 is 74.4. The molecular weight excluding hydrogens is 661 g/mol. The number of aliphatic imine (C=N–C) groups is 1. The number of hydrogen-bond acceptors (Lipinski definition) is 7. The molecule has 0 bridgehead atoms. The maximum atomic E-state index is 13.7. The summed E-state index contributed by atoms with van der Waals surface area (Å²) in [5, 5.41) is 2.61. The fourth-order valence-electron chi connectivity index (χ4n) is 5.86. The second kappa shape index (κ2) is 15.7. The maximum absolute atomic E-state index is 13.7. The topological polar surface area (TPSA) is 125 Å². The number of unbranched alkanes of at least 4 members (excludes halogenated alkanes) is 1. The molecule has 2 aromatic rings. The molecule has 2 heterocycles. The number of hydrogen-bond donors (Lipinski definition) is 1. The molecule has 2 aromatic carbocycles. The van der Waals surface area contributed by atoms with E-state index in [0.717, 1.165) is 36.1 Å². The van der Waals surface area contributed by atoms with Crippen LogP contribution in [-0.4, -0.2) is 85.6 Å². The third-order valence-electron chi connectivity index (χ3n) is 8.81. The number of amides is 2. The summed E-state index contributed by atoms with van der Waals surface area (Å²) >= 11 is 0. The molecule has 0 unspecified atom stereocenters. The molecule has 2 aliphatic rings. The van der Waals surface area contributed by atoms with Crippen molar-refractivity contribution in [3.63, 3.8) is 0 Å². The molecule has 2 amide bonds. The van der Waals surface area contributed by atoms with E-state index in [1.54, 1.807) is 38.2 Å². The Balaban J connectivity index is 1.39. The number of Topliss-reactive ketones (excluding diaryl/α,β-unsaturated/α-hetero) is 1. The van der Waals surface area contributed by atoms with Gasteiger partial charge in [-0.2, -0.15) is 13.2 Å². The molecule has 49 heavy (non-hydrogen) atoms. The Morgan fingerprint density at radius 3 is 2.51 bits per heavy atom. The van der Waals surface area contributed by atoms with E-state index < -0.39 is 33.2 Å². The summed E-state index contributed by atoms with van der Waals surface area (Å²) in [5.41, 5.74) is -0.292. The quantitative estimate of drug-likeness (QED) is 0.204. The minimum Gasteiger partial charge on any atom is -0.493 e. The van der Waals surface area contributed by atoms with E-state index in [9.17, 15) is 36.0 Å². The third-order valence-corrected chi connectivity index (χ3v) is 10.7. The highest BCUT2D eigenvalue weighted by Crippen LogP contribution is 2.36. The number of benzene rings is 2. The van der Waals surface area contributed by atoms with Crippen LogP contribution in [0, 0.1) is 6.92 Å². The first kappa shape index (κ1) is 37.8. The second-order valence-electron chi connectivity index (χ2n) is 12.5. The van der Waals surface area contributed by atoms with Crippen molar-refractivity contribution in [2.75, 3.05) is 39.0 Å². The van der Waals surface area contributed by atoms with Crippen LogP contribution in [0.5, 0.6) is 5.75 Å². The zero-order chi connectivity index (χ0) is 36.0. The number of aryl methyl sites for hydroxylation is 2. The number of alkyl halides is 3. The molecule has 0 atom stereocenters. The average Bonchev–Trinajstić information content (AvgIpc) is 3.37. The molecule has 1 saturated heterocycles. The van der Waals surface area contributed by atoms with Crippen molar-refractivity contribution in [3.8, 4) is 5.75 Å². The van der Waals surface area contributed by atoms with Gasteiger partial charge in [0.05, 0.1) is 24.5 Å². The summed E-state index contributed by atoms with van der Waals surface area (Å²) in [6.45, 7) is 7.55. The van der Waals surface area contributed by atoms with E-state index in [4.69, 9.17) is 4.74 Å². The lowest BCUT2D eigenvalue weighted by Crippen LogP contribution is -2.50. The van der Waals surface area contributed by atoms with E-state index in [1.807, 2.05) is 6.92 Å². The number of halogens is 3. The van der Waals surface area contributed by atoms with Gasteiger partial charge in [0, 0.05) is 37.7 Å². The lowest BCUT2D eigenvalue weighted by molar-refractivity contribution is -0.137. The predicted octanol–water partition coefficient (Wildman–Crippen LogP) is 5.08. The van der Waals surface area contributed by atoms with Crippen LogP contribution in [0.3, 0.4) is 0 Å². The molecule has 2 aliphatic heterocycles. The van der Waals surface area contributed by atoms with Gasteiger partial charge < -0.3 is 15.0 Å². The highest BCUT2D eigenvalue weighted by molar-refractivity contribution is 7.89. The van der Waals surface area contributed by atoms with Crippen molar-refractivity contribution >= 4 is 33.5 Å². The van der Waals surface area contributed by atoms with Gasteiger partial charge in [0.15, 0.2) is 5.78 Å². The highest BCUT2D eigenvalue weighted by Gasteiger charge is 2.47. The summed E-state index contributed by atoms with van der Waals surface area (Å²) in [6.07, 6.45) is -0.227. The van der Waals surface area contributed by atoms with Gasteiger partial charge in [-0.1, -0.05) is 25.5 Å². The van der Waals surface area contributed by atoms with Crippen molar-refractivity contribution in [1.82, 2.24) is 14.5 Å². The van der Waals surface area contributed by atoms with Gasteiger partial charge in [0.25, 0.3) is 11.8 Å². The minimum absolute atomic E-state index is 0.00408. The van der Waals surface area contributed by atoms with Crippen LogP contribution in [0.1, 0.15) is 78.1 Å². The largest absolute Gasteiger partial charge is 0.493 e. The normalized spacial score (nSPS) is 16.3. The number of rotatable bonds is 15. The van der Waals surface area contributed by atoms with Crippen LogP contribution in [-0.2, 0) is 32.2 Å². The first-order valence-corrected chi connectivity index (χ1v) is 17.9. The first-order chi connectivity index (χ1) is 23.1. The van der Waals surface area contributed by atoms with Crippen LogP contribution in [0.15, 0.2) is 54.0 Å². The lowest BCUT2D eigenvalue weighted by atomic mass is 9.89. The van der Waals surface area contributed by atoms with Gasteiger partial charge in [0.2, 0.25) is 10.0 Å². The van der Waals surface area contributed by atoms with Gasteiger partial charge in [0.1, 0.15) is 17.1 Å². The number of amidine groups is 1. The van der Waals surface area contributed by atoms with E-state index in [1.165, 1.54) is 15.3 Å². The molecule has 0 aromatic heterocycles. The number of sulfonamides is 1. The van der Waals surface area contributed by atoms with Crippen LogP contribution >= 0.6 is 0 Å². The van der Waals surface area contributed by atoms with Crippen molar-refractivity contribution in [2.45, 2.75) is 70.5 Å². The molecule has 0 aliphatic carbocycles. The van der Waals surface area contributed by atoms with E-state index in [0.29, 0.717) is 18.4 Å². The maximum Gasteiger partial charge on any atom is 0.416 e. The smallest absolute Gasteiger partial charge is 0.416 e. The number of likely N-dealkylation sites (N-methyl/N-ethyl adjacent to an activating group) is 1. The van der Waals surface area contributed by atoms with E-state index in [-0.39, 0.29) is 80.1 Å².